The molecule has 0 aliphatic heterocycles. The quantitative estimate of drug-likeness (QED) is 0.453. The highest BCUT2D eigenvalue weighted by atomic mass is 32.2. The monoisotopic (exact) mass is 457 g/mol. The van der Waals surface area contributed by atoms with Crippen LogP contribution < -0.4 is 10.1 Å². The number of carbonyl (C=O) groups excluding carboxylic acids is 1. The molecule has 2 aromatic rings. The number of benzene rings is 2. The molecule has 3 rings (SSSR count). The Labute approximate surface area is 190 Å². The number of amides is 1. The minimum absolute atomic E-state index is 0.00563. The van der Waals surface area contributed by atoms with E-state index in [-0.39, 0.29) is 16.6 Å². The van der Waals surface area contributed by atoms with Gasteiger partial charge in [0.1, 0.15) is 0 Å². The Balaban J connectivity index is 1.68. The molecule has 1 aliphatic rings. The zero-order chi connectivity index (χ0) is 23.1. The third kappa shape index (κ3) is 6.17. The number of anilines is 1. The summed E-state index contributed by atoms with van der Waals surface area (Å²) in [4.78, 5) is 12.5. The van der Waals surface area contributed by atoms with Crippen LogP contribution >= 0.6 is 0 Å². The molecule has 1 amide bonds. The number of ether oxygens (including phenoxy) is 1. The largest absolute Gasteiger partial charge is 0.375 e. The van der Waals surface area contributed by atoms with Crippen molar-refractivity contribution in [3.05, 3.63) is 59.2 Å². The van der Waals surface area contributed by atoms with Crippen LogP contribution in [0.15, 0.2) is 52.5 Å². The van der Waals surface area contributed by atoms with Crippen molar-refractivity contribution in [2.45, 2.75) is 57.0 Å². The zero-order valence-electron chi connectivity index (χ0n) is 18.8. The van der Waals surface area contributed by atoms with Crippen molar-refractivity contribution >= 4 is 27.8 Å². The Morgan fingerprint density at radius 1 is 1.12 bits per heavy atom. The number of sulfonamides is 1. The Hall–Kier alpha value is -2.71. The second-order valence-electron chi connectivity index (χ2n) is 8.27. The minimum Gasteiger partial charge on any atom is -0.375 e. The normalized spacial score (nSPS) is 16.1. The predicted octanol–water partition coefficient (Wildman–Crippen LogP) is 4.42. The van der Waals surface area contributed by atoms with Crippen LogP contribution in [0.25, 0.3) is 0 Å². The standard InChI is InChI=1S/C24H31N3O4S/c1-17-12-13-22(18(2)14-17)27-32(29,30)21-11-7-10-20(15-21)24(28)26-25-16-23(31-3)19-8-5-4-6-9-19/h7,10-16,19,23,27H,4-6,8-9H2,1-3H3,(H,26,28)/b25-16+. The van der Waals surface area contributed by atoms with Gasteiger partial charge in [0, 0.05) is 12.7 Å². The van der Waals surface area contributed by atoms with Gasteiger partial charge in [-0.25, -0.2) is 13.8 Å². The van der Waals surface area contributed by atoms with Crippen LogP contribution in [-0.2, 0) is 14.8 Å². The van der Waals surface area contributed by atoms with Gasteiger partial charge < -0.3 is 4.74 Å². The predicted molar refractivity (Wildman–Crippen MR) is 126 cm³/mol. The first kappa shape index (κ1) is 23.9. The van der Waals surface area contributed by atoms with Crippen molar-refractivity contribution in [1.82, 2.24) is 5.43 Å². The number of aryl methyl sites for hydroxylation is 2. The fourth-order valence-corrected chi connectivity index (χ4v) is 5.18. The lowest BCUT2D eigenvalue weighted by Gasteiger charge is -2.26. The molecule has 8 heteroatoms. The third-order valence-corrected chi connectivity index (χ3v) is 7.17. The summed E-state index contributed by atoms with van der Waals surface area (Å²) in [5.41, 5.74) is 5.06. The number of methoxy groups -OCH3 is 1. The van der Waals surface area contributed by atoms with Crippen molar-refractivity contribution in [3.63, 3.8) is 0 Å². The van der Waals surface area contributed by atoms with Gasteiger partial charge in [-0.1, -0.05) is 43.0 Å². The summed E-state index contributed by atoms with van der Waals surface area (Å²) in [5, 5.41) is 4.06. The van der Waals surface area contributed by atoms with Gasteiger partial charge in [-0.2, -0.15) is 5.10 Å². The molecule has 2 aromatic carbocycles. The topological polar surface area (TPSA) is 96.9 Å². The Morgan fingerprint density at radius 3 is 2.56 bits per heavy atom. The number of nitrogens with one attached hydrogen (secondary N) is 2. The molecule has 1 aliphatic carbocycles. The number of hydrogen-bond acceptors (Lipinski definition) is 5. The fourth-order valence-electron chi connectivity index (χ4n) is 4.01. The average Bonchev–Trinajstić information content (AvgIpc) is 2.79. The maximum Gasteiger partial charge on any atom is 0.271 e. The smallest absolute Gasteiger partial charge is 0.271 e. The second-order valence-corrected chi connectivity index (χ2v) is 9.95. The highest BCUT2D eigenvalue weighted by Gasteiger charge is 2.22. The van der Waals surface area contributed by atoms with Gasteiger partial charge in [-0.05, 0) is 62.4 Å². The molecule has 0 bridgehead atoms. The number of hydrogen-bond donors (Lipinski definition) is 2. The molecule has 7 nitrogen and oxygen atoms in total. The molecule has 1 unspecified atom stereocenters. The van der Waals surface area contributed by atoms with Crippen LogP contribution in [0, 0.1) is 19.8 Å². The van der Waals surface area contributed by atoms with E-state index in [0.717, 1.165) is 24.0 Å². The van der Waals surface area contributed by atoms with E-state index in [1.165, 1.54) is 37.5 Å². The van der Waals surface area contributed by atoms with Crippen molar-refractivity contribution in [1.29, 1.82) is 0 Å². The Bertz CT molecular complexity index is 1080. The number of carbonyl (C=O) groups is 1. The van der Waals surface area contributed by atoms with E-state index in [9.17, 15) is 13.2 Å². The molecule has 0 radical (unpaired) electrons. The van der Waals surface area contributed by atoms with Gasteiger partial charge in [-0.3, -0.25) is 9.52 Å². The summed E-state index contributed by atoms with van der Waals surface area (Å²) >= 11 is 0. The molecule has 2 N–H and O–H groups in total. The maximum absolute atomic E-state index is 12.8. The van der Waals surface area contributed by atoms with E-state index in [4.69, 9.17) is 4.74 Å². The molecule has 1 saturated carbocycles. The van der Waals surface area contributed by atoms with E-state index in [0.29, 0.717) is 11.6 Å². The fraction of sp³-hybridized carbons (Fsp3) is 0.417. The highest BCUT2D eigenvalue weighted by molar-refractivity contribution is 7.92. The van der Waals surface area contributed by atoms with E-state index in [2.05, 4.69) is 15.2 Å². The maximum atomic E-state index is 12.8. The number of rotatable bonds is 8. The van der Waals surface area contributed by atoms with Gasteiger partial charge in [-0.15, -0.1) is 0 Å². The van der Waals surface area contributed by atoms with Crippen LogP contribution in [0.3, 0.4) is 0 Å². The van der Waals surface area contributed by atoms with Gasteiger partial charge in [0.15, 0.2) is 0 Å². The summed E-state index contributed by atoms with van der Waals surface area (Å²) in [5.74, 6) is -0.0810. The molecule has 0 spiro atoms. The molecule has 0 heterocycles. The van der Waals surface area contributed by atoms with Gasteiger partial charge in [0.05, 0.1) is 22.9 Å². The molecule has 172 valence electrons. The summed E-state index contributed by atoms with van der Waals surface area (Å²) in [6.07, 6.45) is 7.26. The molecular formula is C24H31N3O4S. The third-order valence-electron chi connectivity index (χ3n) is 5.81. The molecule has 1 fully saturated rings. The summed E-state index contributed by atoms with van der Waals surface area (Å²) in [6.45, 7) is 3.78. The van der Waals surface area contributed by atoms with Crippen LogP contribution in [0.4, 0.5) is 5.69 Å². The molecule has 32 heavy (non-hydrogen) atoms. The summed E-state index contributed by atoms with van der Waals surface area (Å²) < 4.78 is 33.8. The Kier molecular flexibility index (Phi) is 8.04. The van der Waals surface area contributed by atoms with Gasteiger partial charge >= 0.3 is 0 Å². The van der Waals surface area contributed by atoms with Gasteiger partial charge in [0.25, 0.3) is 15.9 Å². The van der Waals surface area contributed by atoms with Crippen LogP contribution in [0.2, 0.25) is 0 Å². The first-order chi connectivity index (χ1) is 15.3. The molecule has 0 aromatic heterocycles. The average molecular weight is 458 g/mol. The van der Waals surface area contributed by atoms with Crippen LogP contribution in [0.1, 0.15) is 53.6 Å². The van der Waals surface area contributed by atoms with Crippen molar-refractivity contribution in [3.8, 4) is 0 Å². The lowest BCUT2D eigenvalue weighted by Crippen LogP contribution is -2.28. The van der Waals surface area contributed by atoms with Crippen molar-refractivity contribution in [2.75, 3.05) is 11.8 Å². The molecular weight excluding hydrogens is 426 g/mol. The molecule has 0 saturated heterocycles. The number of nitrogens with zero attached hydrogens (tertiary/aromatic N) is 1. The van der Waals surface area contributed by atoms with E-state index >= 15 is 0 Å². The second kappa shape index (κ2) is 10.7. The first-order valence-corrected chi connectivity index (χ1v) is 12.3. The first-order valence-electron chi connectivity index (χ1n) is 10.9. The van der Waals surface area contributed by atoms with Crippen molar-refractivity contribution in [2.24, 2.45) is 11.0 Å². The van der Waals surface area contributed by atoms with Crippen LogP contribution in [0.5, 0.6) is 0 Å². The van der Waals surface area contributed by atoms with E-state index in [1.54, 1.807) is 25.5 Å². The van der Waals surface area contributed by atoms with E-state index < -0.39 is 15.9 Å². The Morgan fingerprint density at radius 2 is 1.88 bits per heavy atom. The van der Waals surface area contributed by atoms with Gasteiger partial charge in [0.2, 0.25) is 0 Å². The lowest BCUT2D eigenvalue weighted by atomic mass is 9.85. The zero-order valence-corrected chi connectivity index (χ0v) is 19.6. The molecule has 1 atom stereocenters. The SMILES string of the molecule is COC(/C=N/NC(=O)c1cccc(S(=O)(=O)Nc2ccc(C)cc2C)c1)C1CCCCC1. The lowest BCUT2D eigenvalue weighted by molar-refractivity contribution is 0.0882. The highest BCUT2D eigenvalue weighted by Crippen LogP contribution is 2.27. The van der Waals surface area contributed by atoms with Crippen LogP contribution in [-0.4, -0.2) is 33.8 Å². The summed E-state index contributed by atoms with van der Waals surface area (Å²) in [6, 6.07) is 11.4. The number of hydrazone groups is 1. The summed E-state index contributed by atoms with van der Waals surface area (Å²) in [7, 11) is -2.20. The van der Waals surface area contributed by atoms with E-state index in [1.807, 2.05) is 26.0 Å². The van der Waals surface area contributed by atoms with Crippen molar-refractivity contribution < 1.29 is 17.9 Å². The minimum atomic E-state index is -3.85.